The Kier molecular flexibility index (Phi) is 6.73. The number of ether oxygens (including phenoxy) is 1. The van der Waals surface area contributed by atoms with Crippen LogP contribution in [0.1, 0.15) is 18.0 Å². The molecular formula is C21H21F3N6O3. The summed E-state index contributed by atoms with van der Waals surface area (Å²) in [7, 11) is 1.71. The van der Waals surface area contributed by atoms with Crippen molar-refractivity contribution in [2.45, 2.75) is 13.0 Å². The second-order valence-corrected chi connectivity index (χ2v) is 7.36. The fraction of sp³-hybridized carbons (Fsp3) is 0.333. The van der Waals surface area contributed by atoms with Gasteiger partial charge in [-0.25, -0.2) is 4.39 Å². The summed E-state index contributed by atoms with van der Waals surface area (Å²) in [6, 6.07) is 6.11. The van der Waals surface area contributed by atoms with E-state index in [1.807, 2.05) is 4.90 Å². The van der Waals surface area contributed by atoms with Gasteiger partial charge in [-0.2, -0.15) is 8.78 Å². The number of halogens is 3. The van der Waals surface area contributed by atoms with Gasteiger partial charge in [0.15, 0.2) is 5.75 Å². The number of aromatic nitrogens is 3. The molecule has 0 aliphatic carbocycles. The molecule has 1 aromatic carbocycles. The number of benzene rings is 1. The predicted octanol–water partition coefficient (Wildman–Crippen LogP) is 2.79. The molecule has 0 atom stereocenters. The Labute approximate surface area is 187 Å². The van der Waals surface area contributed by atoms with Gasteiger partial charge >= 0.3 is 6.43 Å². The van der Waals surface area contributed by atoms with Crippen molar-refractivity contribution in [3.63, 3.8) is 0 Å². The standard InChI is InChI=1S/C21H21F3N6O3/c1-29(11-14-3-2-13(10-26-14)20-27-28-21(33-20)19(23)24)17-8-15(22)16(9-18(17)32-12-31)30-6-4-25-5-7-30/h2-3,8-10,12,19,25H,4-7,11H2,1H3. The molecule has 4 rings (SSSR count). The van der Waals surface area contributed by atoms with Gasteiger partial charge in [0.25, 0.3) is 12.4 Å². The first kappa shape index (κ1) is 22.5. The molecule has 1 aliphatic heterocycles. The Balaban J connectivity index is 1.52. The molecule has 1 fully saturated rings. The van der Waals surface area contributed by atoms with Crippen LogP contribution in [0.15, 0.2) is 34.9 Å². The fourth-order valence-corrected chi connectivity index (χ4v) is 3.54. The van der Waals surface area contributed by atoms with Crippen molar-refractivity contribution in [1.82, 2.24) is 20.5 Å². The first-order chi connectivity index (χ1) is 16.0. The molecule has 9 nitrogen and oxygen atoms in total. The van der Waals surface area contributed by atoms with Gasteiger partial charge in [-0.15, -0.1) is 10.2 Å². The van der Waals surface area contributed by atoms with E-state index in [0.29, 0.717) is 42.2 Å². The summed E-state index contributed by atoms with van der Waals surface area (Å²) in [5.74, 6) is -1.02. The highest BCUT2D eigenvalue weighted by atomic mass is 19.3. The molecule has 1 N–H and O–H groups in total. The number of anilines is 2. The van der Waals surface area contributed by atoms with Crippen molar-refractivity contribution < 1.29 is 27.1 Å². The Hall–Kier alpha value is -3.67. The molecule has 174 valence electrons. The summed E-state index contributed by atoms with van der Waals surface area (Å²) in [5, 5.41) is 10.1. The first-order valence-corrected chi connectivity index (χ1v) is 10.1. The molecule has 0 amide bonds. The summed E-state index contributed by atoms with van der Waals surface area (Å²) in [4.78, 5) is 18.9. The molecule has 2 aromatic heterocycles. The van der Waals surface area contributed by atoms with E-state index in [-0.39, 0.29) is 18.2 Å². The molecule has 0 spiro atoms. The molecule has 3 heterocycles. The quantitative estimate of drug-likeness (QED) is 0.507. The lowest BCUT2D eigenvalue weighted by Crippen LogP contribution is -2.43. The summed E-state index contributed by atoms with van der Waals surface area (Å²) in [5.41, 5.74) is 1.73. The van der Waals surface area contributed by atoms with Crippen LogP contribution >= 0.6 is 0 Å². The van der Waals surface area contributed by atoms with Gasteiger partial charge < -0.3 is 24.3 Å². The molecule has 0 unspecified atom stereocenters. The smallest absolute Gasteiger partial charge is 0.314 e. The number of hydrogen-bond acceptors (Lipinski definition) is 9. The maximum atomic E-state index is 14.9. The summed E-state index contributed by atoms with van der Waals surface area (Å²) < 4.78 is 50.2. The van der Waals surface area contributed by atoms with Crippen molar-refractivity contribution in [1.29, 1.82) is 0 Å². The third-order valence-electron chi connectivity index (χ3n) is 5.17. The lowest BCUT2D eigenvalue weighted by molar-refractivity contribution is -0.120. The van der Waals surface area contributed by atoms with E-state index in [1.165, 1.54) is 18.3 Å². The zero-order valence-corrected chi connectivity index (χ0v) is 17.7. The Morgan fingerprint density at radius 3 is 2.70 bits per heavy atom. The minimum atomic E-state index is -2.85. The normalized spacial score (nSPS) is 13.9. The van der Waals surface area contributed by atoms with Crippen LogP contribution in [0, 0.1) is 5.82 Å². The maximum absolute atomic E-state index is 14.9. The Bertz CT molecular complexity index is 1100. The van der Waals surface area contributed by atoms with Crippen LogP contribution in [-0.2, 0) is 11.3 Å². The van der Waals surface area contributed by atoms with Crippen molar-refractivity contribution in [2.24, 2.45) is 0 Å². The molecule has 1 saturated heterocycles. The van der Waals surface area contributed by atoms with Crippen molar-refractivity contribution in [3.8, 4) is 17.2 Å². The molecule has 3 aromatic rings. The van der Waals surface area contributed by atoms with Crippen LogP contribution in [0.5, 0.6) is 5.75 Å². The van der Waals surface area contributed by atoms with Gasteiger partial charge in [-0.1, -0.05) is 0 Å². The van der Waals surface area contributed by atoms with Gasteiger partial charge in [0, 0.05) is 51.6 Å². The van der Waals surface area contributed by atoms with Crippen LogP contribution in [0.4, 0.5) is 24.5 Å². The van der Waals surface area contributed by atoms with E-state index >= 15 is 0 Å². The minimum absolute atomic E-state index is 0.0649. The van der Waals surface area contributed by atoms with Crippen molar-refractivity contribution in [3.05, 3.63) is 47.9 Å². The van der Waals surface area contributed by atoms with Gasteiger partial charge in [0.05, 0.1) is 29.2 Å². The largest absolute Gasteiger partial charge is 0.426 e. The number of alkyl halides is 2. The number of nitrogens with one attached hydrogen (secondary N) is 1. The fourth-order valence-electron chi connectivity index (χ4n) is 3.54. The summed E-state index contributed by atoms with van der Waals surface area (Å²) in [6.45, 7) is 3.31. The van der Waals surface area contributed by atoms with Crippen LogP contribution in [0.3, 0.4) is 0 Å². The second-order valence-electron chi connectivity index (χ2n) is 7.36. The highest BCUT2D eigenvalue weighted by molar-refractivity contribution is 5.69. The topological polar surface area (TPSA) is 96.6 Å². The number of nitrogens with zero attached hydrogens (tertiary/aromatic N) is 5. The van der Waals surface area contributed by atoms with E-state index in [0.717, 1.165) is 13.1 Å². The summed E-state index contributed by atoms with van der Waals surface area (Å²) >= 11 is 0. The molecule has 1 aliphatic rings. The molecule has 0 bridgehead atoms. The van der Waals surface area contributed by atoms with Gasteiger partial charge in [0.2, 0.25) is 5.89 Å². The third-order valence-corrected chi connectivity index (χ3v) is 5.17. The van der Waals surface area contributed by atoms with Gasteiger partial charge in [0.1, 0.15) is 5.82 Å². The van der Waals surface area contributed by atoms with E-state index in [2.05, 4.69) is 20.5 Å². The van der Waals surface area contributed by atoms with E-state index in [9.17, 15) is 18.0 Å². The lowest BCUT2D eigenvalue weighted by atomic mass is 10.2. The highest BCUT2D eigenvalue weighted by Gasteiger charge is 2.21. The predicted molar refractivity (Wildman–Crippen MR) is 113 cm³/mol. The molecular weight excluding hydrogens is 441 g/mol. The number of carbonyl (C=O) groups is 1. The molecule has 33 heavy (non-hydrogen) atoms. The number of hydrogen-bond donors (Lipinski definition) is 1. The van der Waals surface area contributed by atoms with Crippen LogP contribution in [0.2, 0.25) is 0 Å². The van der Waals surface area contributed by atoms with Crippen LogP contribution in [0.25, 0.3) is 11.5 Å². The number of pyridine rings is 1. The maximum Gasteiger partial charge on any atom is 0.314 e. The van der Waals surface area contributed by atoms with Gasteiger partial charge in [-0.05, 0) is 12.1 Å². The number of piperazine rings is 1. The van der Waals surface area contributed by atoms with E-state index in [1.54, 1.807) is 24.1 Å². The van der Waals surface area contributed by atoms with Crippen LogP contribution in [-0.4, -0.2) is 54.9 Å². The molecule has 0 radical (unpaired) electrons. The first-order valence-electron chi connectivity index (χ1n) is 10.1. The number of rotatable bonds is 8. The minimum Gasteiger partial charge on any atom is -0.426 e. The molecule has 0 saturated carbocycles. The lowest BCUT2D eigenvalue weighted by Gasteiger charge is -2.31. The van der Waals surface area contributed by atoms with Crippen molar-refractivity contribution in [2.75, 3.05) is 43.0 Å². The zero-order valence-electron chi connectivity index (χ0n) is 17.7. The highest BCUT2D eigenvalue weighted by Crippen LogP contribution is 2.35. The Morgan fingerprint density at radius 2 is 2.06 bits per heavy atom. The third kappa shape index (κ3) is 5.06. The van der Waals surface area contributed by atoms with E-state index < -0.39 is 18.1 Å². The van der Waals surface area contributed by atoms with Crippen LogP contribution < -0.4 is 19.9 Å². The summed E-state index contributed by atoms with van der Waals surface area (Å²) in [6.07, 6.45) is -1.43. The van der Waals surface area contributed by atoms with Gasteiger partial charge in [-0.3, -0.25) is 9.78 Å². The number of carbonyl (C=O) groups excluding carboxylic acids is 1. The monoisotopic (exact) mass is 462 g/mol. The van der Waals surface area contributed by atoms with Crippen molar-refractivity contribution >= 4 is 17.8 Å². The zero-order chi connectivity index (χ0) is 23.4. The Morgan fingerprint density at radius 1 is 1.27 bits per heavy atom. The average Bonchev–Trinajstić information content (AvgIpc) is 3.32. The van der Waals surface area contributed by atoms with E-state index in [4.69, 9.17) is 9.15 Å². The second kappa shape index (κ2) is 9.86. The molecule has 12 heteroatoms. The average molecular weight is 462 g/mol. The SMILES string of the molecule is CN(Cc1ccc(-c2nnc(C(F)F)o2)cn1)c1cc(F)c(N2CCNCC2)cc1OC=O.